The van der Waals surface area contributed by atoms with Gasteiger partial charge >= 0.3 is 0 Å². The van der Waals surface area contributed by atoms with Crippen molar-refractivity contribution in [3.63, 3.8) is 0 Å². The molecule has 4 heteroatoms. The quantitative estimate of drug-likeness (QED) is 0.381. The number of aromatic hydroxyl groups is 1. The van der Waals surface area contributed by atoms with Gasteiger partial charge < -0.3 is 14.6 Å². The molecule has 1 N–H and O–H groups in total. The number of phenols is 1. The van der Waals surface area contributed by atoms with Crippen LogP contribution < -0.4 is 9.47 Å². The van der Waals surface area contributed by atoms with Crippen LogP contribution in [-0.2, 0) is 0 Å². The molecule has 0 saturated carbocycles. The molecule has 1 aromatic rings. The lowest BCUT2D eigenvalue weighted by molar-refractivity contribution is 0.0976. The van der Waals surface area contributed by atoms with Gasteiger partial charge in [0.25, 0.3) is 0 Å². The fraction of sp³-hybridized carbons (Fsp3) is 0.650. The van der Waals surface area contributed by atoms with E-state index in [2.05, 4.69) is 6.92 Å². The molecule has 0 aliphatic rings. The maximum absolute atomic E-state index is 12.3. The van der Waals surface area contributed by atoms with Crippen LogP contribution in [0.25, 0.3) is 0 Å². The first-order valence-electron chi connectivity index (χ1n) is 9.12. The Kier molecular flexibility index (Phi) is 9.97. The molecule has 0 atom stereocenters. The number of ketones is 1. The van der Waals surface area contributed by atoms with E-state index >= 15 is 0 Å². The van der Waals surface area contributed by atoms with Crippen molar-refractivity contribution < 1.29 is 19.4 Å². The number of phenolic OH excluding ortho intramolecular Hbond substituents is 1. The highest BCUT2D eigenvalue weighted by atomic mass is 16.5. The number of Topliss-reactive ketones (excluding diaryl/α,β-unsaturated/α-hetero) is 1. The Balaban J connectivity index is 2.33. The third kappa shape index (κ3) is 6.81. The summed E-state index contributed by atoms with van der Waals surface area (Å²) in [6.07, 6.45) is 11.4. The topological polar surface area (TPSA) is 55.8 Å². The lowest BCUT2D eigenvalue weighted by Gasteiger charge is -2.11. The zero-order valence-corrected chi connectivity index (χ0v) is 15.4. The van der Waals surface area contributed by atoms with Gasteiger partial charge in [-0.3, -0.25) is 4.79 Å². The molecule has 0 radical (unpaired) electrons. The van der Waals surface area contributed by atoms with Crippen LogP contribution in [0, 0.1) is 0 Å². The van der Waals surface area contributed by atoms with Gasteiger partial charge in [0.1, 0.15) is 5.75 Å². The SMILES string of the molecule is CCCCCCCCCCCC(=O)c1cc(OC)c(OC)cc1O. The first-order chi connectivity index (χ1) is 11.6. The van der Waals surface area contributed by atoms with Crippen molar-refractivity contribution in [1.29, 1.82) is 0 Å². The van der Waals surface area contributed by atoms with E-state index in [1.165, 1.54) is 65.2 Å². The first kappa shape index (κ1) is 20.3. The van der Waals surface area contributed by atoms with Gasteiger partial charge in [-0.05, 0) is 12.5 Å². The minimum atomic E-state index is -0.0476. The second-order valence-corrected chi connectivity index (χ2v) is 6.23. The highest BCUT2D eigenvalue weighted by molar-refractivity contribution is 5.99. The molecule has 1 rings (SSSR count). The largest absolute Gasteiger partial charge is 0.507 e. The normalized spacial score (nSPS) is 10.6. The summed E-state index contributed by atoms with van der Waals surface area (Å²) in [5.41, 5.74) is 0.312. The molecule has 0 spiro atoms. The number of hydrogen-bond acceptors (Lipinski definition) is 4. The molecule has 0 aliphatic carbocycles. The molecule has 4 nitrogen and oxygen atoms in total. The van der Waals surface area contributed by atoms with Crippen molar-refractivity contribution >= 4 is 5.78 Å². The monoisotopic (exact) mass is 336 g/mol. The van der Waals surface area contributed by atoms with E-state index in [1.807, 2.05) is 0 Å². The average Bonchev–Trinajstić information content (AvgIpc) is 2.59. The first-order valence-corrected chi connectivity index (χ1v) is 9.12. The van der Waals surface area contributed by atoms with Gasteiger partial charge in [0, 0.05) is 12.5 Å². The van der Waals surface area contributed by atoms with Crippen LogP contribution in [0.2, 0.25) is 0 Å². The predicted molar refractivity (Wildman–Crippen MR) is 97.4 cm³/mol. The van der Waals surface area contributed by atoms with Gasteiger partial charge in [-0.1, -0.05) is 58.3 Å². The number of methoxy groups -OCH3 is 2. The van der Waals surface area contributed by atoms with Gasteiger partial charge in [-0.15, -0.1) is 0 Å². The van der Waals surface area contributed by atoms with E-state index in [1.54, 1.807) is 6.07 Å². The number of carbonyl (C=O) groups excluding carboxylic acids is 1. The summed E-state index contributed by atoms with van der Waals surface area (Å²) in [6.45, 7) is 2.23. The molecular weight excluding hydrogens is 304 g/mol. The highest BCUT2D eigenvalue weighted by Crippen LogP contribution is 2.34. The van der Waals surface area contributed by atoms with E-state index in [-0.39, 0.29) is 11.5 Å². The third-order valence-electron chi connectivity index (χ3n) is 4.31. The molecule has 0 heterocycles. The summed E-state index contributed by atoms with van der Waals surface area (Å²) in [5.74, 6) is 0.797. The van der Waals surface area contributed by atoms with Crippen molar-refractivity contribution in [2.24, 2.45) is 0 Å². The maximum Gasteiger partial charge on any atom is 0.166 e. The summed E-state index contributed by atoms with van der Waals surface area (Å²) in [6, 6.07) is 2.99. The molecule has 1 aromatic carbocycles. The van der Waals surface area contributed by atoms with Gasteiger partial charge in [0.2, 0.25) is 0 Å². The molecule has 0 aliphatic heterocycles. The molecule has 0 aromatic heterocycles. The average molecular weight is 336 g/mol. The van der Waals surface area contributed by atoms with E-state index in [0.717, 1.165) is 12.8 Å². The number of unbranched alkanes of at least 4 members (excludes halogenated alkanes) is 8. The zero-order valence-electron chi connectivity index (χ0n) is 15.4. The van der Waals surface area contributed by atoms with E-state index in [9.17, 15) is 9.90 Å². The Morgan fingerprint density at radius 1 is 0.875 bits per heavy atom. The fourth-order valence-corrected chi connectivity index (χ4v) is 2.82. The number of hydrogen-bond donors (Lipinski definition) is 1. The van der Waals surface area contributed by atoms with Crippen LogP contribution >= 0.6 is 0 Å². The van der Waals surface area contributed by atoms with Crippen LogP contribution in [0.3, 0.4) is 0 Å². The Bertz CT molecular complexity index is 497. The lowest BCUT2D eigenvalue weighted by Crippen LogP contribution is -2.01. The van der Waals surface area contributed by atoms with Crippen molar-refractivity contribution in [3.05, 3.63) is 17.7 Å². The summed E-state index contributed by atoms with van der Waals surface area (Å²) < 4.78 is 10.3. The Labute approximate surface area is 146 Å². The third-order valence-corrected chi connectivity index (χ3v) is 4.31. The standard InChI is InChI=1S/C20H32O4/c1-4-5-6-7-8-9-10-11-12-13-17(21)16-14-19(23-2)20(24-3)15-18(16)22/h14-15,22H,4-13H2,1-3H3. The van der Waals surface area contributed by atoms with Crippen LogP contribution in [0.1, 0.15) is 81.5 Å². The van der Waals surface area contributed by atoms with Gasteiger partial charge in [-0.2, -0.15) is 0 Å². The van der Waals surface area contributed by atoms with E-state index in [0.29, 0.717) is 23.5 Å². The molecule has 24 heavy (non-hydrogen) atoms. The summed E-state index contributed by atoms with van der Waals surface area (Å²) in [7, 11) is 3.02. The number of benzene rings is 1. The second-order valence-electron chi connectivity index (χ2n) is 6.23. The Morgan fingerprint density at radius 2 is 1.38 bits per heavy atom. The Hall–Kier alpha value is -1.71. The van der Waals surface area contributed by atoms with E-state index in [4.69, 9.17) is 9.47 Å². The van der Waals surface area contributed by atoms with Crippen molar-refractivity contribution in [2.45, 2.75) is 71.1 Å². The number of rotatable bonds is 13. The molecule has 136 valence electrons. The Morgan fingerprint density at radius 3 is 1.92 bits per heavy atom. The molecule has 0 unspecified atom stereocenters. The van der Waals surface area contributed by atoms with Crippen LogP contribution in [0.4, 0.5) is 0 Å². The predicted octanol–water partition coefficient (Wildman–Crippen LogP) is 5.51. The van der Waals surface area contributed by atoms with Crippen LogP contribution in [-0.4, -0.2) is 25.1 Å². The van der Waals surface area contributed by atoms with Crippen LogP contribution in [0.5, 0.6) is 17.2 Å². The molecule has 0 amide bonds. The van der Waals surface area contributed by atoms with Crippen molar-refractivity contribution in [1.82, 2.24) is 0 Å². The van der Waals surface area contributed by atoms with Gasteiger partial charge in [-0.25, -0.2) is 0 Å². The summed E-state index contributed by atoms with van der Waals surface area (Å²) in [4.78, 5) is 12.3. The van der Waals surface area contributed by atoms with Crippen molar-refractivity contribution in [3.8, 4) is 17.2 Å². The number of ether oxygens (including phenoxy) is 2. The highest BCUT2D eigenvalue weighted by Gasteiger charge is 2.16. The summed E-state index contributed by atoms with van der Waals surface area (Å²) >= 11 is 0. The minimum absolute atomic E-state index is 0.0450. The maximum atomic E-state index is 12.3. The van der Waals surface area contributed by atoms with Crippen LogP contribution in [0.15, 0.2) is 12.1 Å². The smallest absolute Gasteiger partial charge is 0.166 e. The lowest BCUT2D eigenvalue weighted by atomic mass is 10.0. The summed E-state index contributed by atoms with van der Waals surface area (Å²) in [5, 5.41) is 10.00. The van der Waals surface area contributed by atoms with Gasteiger partial charge in [0.15, 0.2) is 17.3 Å². The zero-order chi connectivity index (χ0) is 17.8. The van der Waals surface area contributed by atoms with Gasteiger partial charge in [0.05, 0.1) is 19.8 Å². The van der Waals surface area contributed by atoms with E-state index < -0.39 is 0 Å². The molecule has 0 fully saturated rings. The number of carbonyl (C=O) groups is 1. The molecule has 0 bridgehead atoms. The second kappa shape index (κ2) is 11.8. The molecular formula is C20H32O4. The minimum Gasteiger partial charge on any atom is -0.507 e. The van der Waals surface area contributed by atoms with Crippen molar-refractivity contribution in [2.75, 3.05) is 14.2 Å². The molecule has 0 saturated heterocycles. The fourth-order valence-electron chi connectivity index (χ4n) is 2.82.